The lowest BCUT2D eigenvalue weighted by Crippen LogP contribution is -2.46. The highest BCUT2D eigenvalue weighted by Gasteiger charge is 2.52. The number of oxime groups is 1. The normalized spacial score (nSPS) is 27.3. The summed E-state index contributed by atoms with van der Waals surface area (Å²) in [6.07, 6.45) is 4.52. The van der Waals surface area contributed by atoms with Gasteiger partial charge in [0.2, 0.25) is 5.91 Å². The van der Waals surface area contributed by atoms with E-state index in [1.165, 1.54) is 0 Å². The minimum Gasteiger partial charge on any atom is -0.409 e. The molecule has 5 nitrogen and oxygen atoms in total. The molecular formula is C16H21N3O2. The number of amidine groups is 1. The predicted octanol–water partition coefficient (Wildman–Crippen LogP) is 1.75. The molecule has 21 heavy (non-hydrogen) atoms. The van der Waals surface area contributed by atoms with Crippen molar-refractivity contribution in [1.82, 2.24) is 5.32 Å². The first-order chi connectivity index (χ1) is 10.2. The summed E-state index contributed by atoms with van der Waals surface area (Å²) in [5.41, 5.74) is 6.45. The molecule has 0 radical (unpaired) electrons. The van der Waals surface area contributed by atoms with Gasteiger partial charge in [-0.05, 0) is 31.2 Å². The number of nitrogens with zero attached hydrogens (tertiary/aromatic N) is 1. The van der Waals surface area contributed by atoms with Crippen LogP contribution in [0, 0.1) is 5.92 Å². The number of carbonyl (C=O) groups excluding carboxylic acids is 1. The first-order valence-electron chi connectivity index (χ1n) is 7.51. The van der Waals surface area contributed by atoms with Crippen molar-refractivity contribution < 1.29 is 10.0 Å². The molecule has 112 valence electrons. The molecule has 2 aliphatic rings. The Hall–Kier alpha value is -2.04. The minimum atomic E-state index is -0.362. The van der Waals surface area contributed by atoms with Crippen molar-refractivity contribution in [3.63, 3.8) is 0 Å². The van der Waals surface area contributed by atoms with Crippen LogP contribution in [0.25, 0.3) is 0 Å². The maximum absolute atomic E-state index is 12.7. The SMILES string of the molecule is NC(=NO)C1CCCC1NC(=O)C1(c2ccccc2)CC1. The Bertz CT molecular complexity index is 552. The Morgan fingerprint density at radius 1 is 1.29 bits per heavy atom. The molecule has 2 saturated carbocycles. The summed E-state index contributed by atoms with van der Waals surface area (Å²) in [5, 5.41) is 15.1. The lowest BCUT2D eigenvalue weighted by Gasteiger charge is -2.23. The molecular weight excluding hydrogens is 266 g/mol. The Morgan fingerprint density at radius 2 is 2.00 bits per heavy atom. The predicted molar refractivity (Wildman–Crippen MR) is 80.0 cm³/mol. The van der Waals surface area contributed by atoms with Gasteiger partial charge in [0.05, 0.1) is 5.41 Å². The molecule has 0 spiro atoms. The van der Waals surface area contributed by atoms with Crippen LogP contribution in [0.3, 0.4) is 0 Å². The molecule has 1 amide bonds. The fourth-order valence-electron chi connectivity index (χ4n) is 3.40. The van der Waals surface area contributed by atoms with E-state index in [-0.39, 0.29) is 29.1 Å². The van der Waals surface area contributed by atoms with Gasteiger partial charge in [-0.2, -0.15) is 0 Å². The van der Waals surface area contributed by atoms with E-state index in [4.69, 9.17) is 10.9 Å². The van der Waals surface area contributed by atoms with Crippen LogP contribution in [-0.4, -0.2) is 23.0 Å². The number of hydrogen-bond acceptors (Lipinski definition) is 3. The molecule has 0 aromatic heterocycles. The van der Waals surface area contributed by atoms with Crippen molar-refractivity contribution in [3.8, 4) is 0 Å². The molecule has 0 saturated heterocycles. The van der Waals surface area contributed by atoms with Gasteiger partial charge >= 0.3 is 0 Å². The van der Waals surface area contributed by atoms with Gasteiger partial charge < -0.3 is 16.3 Å². The standard InChI is InChI=1S/C16H21N3O2/c17-14(19-21)12-7-4-8-13(12)18-15(20)16(9-10-16)11-5-2-1-3-6-11/h1-3,5-6,12-13,21H,4,7-10H2,(H2,17,19)(H,18,20). The summed E-state index contributed by atoms with van der Waals surface area (Å²) in [6.45, 7) is 0. The monoisotopic (exact) mass is 287 g/mol. The Kier molecular flexibility index (Phi) is 3.57. The smallest absolute Gasteiger partial charge is 0.230 e. The molecule has 2 aliphatic carbocycles. The quantitative estimate of drug-likeness (QED) is 0.341. The number of benzene rings is 1. The van der Waals surface area contributed by atoms with Crippen LogP contribution in [0.5, 0.6) is 0 Å². The molecule has 0 bridgehead atoms. The lowest BCUT2D eigenvalue weighted by molar-refractivity contribution is -0.124. The molecule has 0 aliphatic heterocycles. The van der Waals surface area contributed by atoms with Crippen LogP contribution in [-0.2, 0) is 10.2 Å². The number of rotatable bonds is 4. The van der Waals surface area contributed by atoms with E-state index in [0.717, 1.165) is 37.7 Å². The van der Waals surface area contributed by atoms with Crippen LogP contribution in [0.4, 0.5) is 0 Å². The third kappa shape index (κ3) is 2.48. The number of carbonyl (C=O) groups is 1. The molecule has 0 heterocycles. The van der Waals surface area contributed by atoms with Crippen LogP contribution >= 0.6 is 0 Å². The van der Waals surface area contributed by atoms with Gasteiger partial charge in [-0.3, -0.25) is 4.79 Å². The third-order valence-electron chi connectivity index (χ3n) is 4.84. The van der Waals surface area contributed by atoms with E-state index in [2.05, 4.69) is 10.5 Å². The topological polar surface area (TPSA) is 87.7 Å². The summed E-state index contributed by atoms with van der Waals surface area (Å²) in [5.74, 6) is 0.254. The summed E-state index contributed by atoms with van der Waals surface area (Å²) in [6, 6.07) is 9.91. The van der Waals surface area contributed by atoms with E-state index < -0.39 is 0 Å². The third-order valence-corrected chi connectivity index (χ3v) is 4.84. The highest BCUT2D eigenvalue weighted by molar-refractivity contribution is 5.92. The molecule has 1 aromatic carbocycles. The second-order valence-electron chi connectivity index (χ2n) is 6.09. The molecule has 4 N–H and O–H groups in total. The first-order valence-corrected chi connectivity index (χ1v) is 7.51. The zero-order valence-electron chi connectivity index (χ0n) is 12.0. The summed E-state index contributed by atoms with van der Waals surface area (Å²) >= 11 is 0. The zero-order chi connectivity index (χ0) is 14.9. The Morgan fingerprint density at radius 3 is 2.62 bits per heavy atom. The molecule has 3 rings (SSSR count). The van der Waals surface area contributed by atoms with Crippen molar-refractivity contribution in [3.05, 3.63) is 35.9 Å². The first kappa shape index (κ1) is 13.9. The van der Waals surface area contributed by atoms with Crippen molar-refractivity contribution in [1.29, 1.82) is 0 Å². The van der Waals surface area contributed by atoms with Gasteiger partial charge in [0.15, 0.2) is 0 Å². The number of hydrogen-bond donors (Lipinski definition) is 3. The zero-order valence-corrected chi connectivity index (χ0v) is 12.0. The van der Waals surface area contributed by atoms with Gasteiger partial charge in [-0.15, -0.1) is 0 Å². The van der Waals surface area contributed by atoms with Crippen LogP contribution in [0.1, 0.15) is 37.7 Å². The molecule has 2 unspecified atom stereocenters. The van der Waals surface area contributed by atoms with E-state index in [0.29, 0.717) is 0 Å². The molecule has 2 fully saturated rings. The van der Waals surface area contributed by atoms with Gasteiger partial charge in [-0.1, -0.05) is 41.9 Å². The second kappa shape index (κ2) is 5.39. The largest absolute Gasteiger partial charge is 0.409 e. The van der Waals surface area contributed by atoms with Gasteiger partial charge in [0.25, 0.3) is 0 Å². The van der Waals surface area contributed by atoms with Crippen LogP contribution < -0.4 is 11.1 Å². The highest BCUT2D eigenvalue weighted by Crippen LogP contribution is 2.48. The van der Waals surface area contributed by atoms with Crippen molar-refractivity contribution in [2.24, 2.45) is 16.8 Å². The second-order valence-corrected chi connectivity index (χ2v) is 6.09. The number of nitrogens with one attached hydrogen (secondary N) is 1. The van der Waals surface area contributed by atoms with Crippen molar-refractivity contribution >= 4 is 11.7 Å². The summed E-state index contributed by atoms with van der Waals surface area (Å²) < 4.78 is 0. The van der Waals surface area contributed by atoms with E-state index in [1.54, 1.807) is 0 Å². The van der Waals surface area contributed by atoms with Crippen LogP contribution in [0.15, 0.2) is 35.5 Å². The van der Waals surface area contributed by atoms with Gasteiger partial charge in [0.1, 0.15) is 5.84 Å². The van der Waals surface area contributed by atoms with Gasteiger partial charge in [-0.25, -0.2) is 0 Å². The molecule has 2 atom stereocenters. The maximum Gasteiger partial charge on any atom is 0.230 e. The van der Waals surface area contributed by atoms with Crippen molar-refractivity contribution in [2.75, 3.05) is 0 Å². The van der Waals surface area contributed by atoms with Crippen LogP contribution in [0.2, 0.25) is 0 Å². The average molecular weight is 287 g/mol. The molecule has 5 heteroatoms. The maximum atomic E-state index is 12.7. The fourth-order valence-corrected chi connectivity index (χ4v) is 3.40. The van der Waals surface area contributed by atoms with E-state index in [1.807, 2.05) is 30.3 Å². The Labute approximate surface area is 124 Å². The fraction of sp³-hybridized carbons (Fsp3) is 0.500. The number of nitrogens with two attached hydrogens (primary N) is 1. The minimum absolute atomic E-state index is 0.0189. The molecule has 1 aromatic rings. The average Bonchev–Trinajstić information content (AvgIpc) is 3.22. The Balaban J connectivity index is 1.72. The highest BCUT2D eigenvalue weighted by atomic mass is 16.4. The van der Waals surface area contributed by atoms with Crippen molar-refractivity contribution in [2.45, 2.75) is 43.6 Å². The summed E-state index contributed by atoms with van der Waals surface area (Å²) in [7, 11) is 0. The number of amides is 1. The van der Waals surface area contributed by atoms with Gasteiger partial charge in [0, 0.05) is 12.0 Å². The van der Waals surface area contributed by atoms with E-state index in [9.17, 15) is 4.79 Å². The van der Waals surface area contributed by atoms with E-state index >= 15 is 0 Å². The summed E-state index contributed by atoms with van der Waals surface area (Å²) in [4.78, 5) is 12.7. The lowest BCUT2D eigenvalue weighted by atomic mass is 9.93.